The molecule has 0 aliphatic rings. The number of carbonyl (C=O) groups is 2. The molecule has 0 radical (unpaired) electrons. The molecule has 1 aromatic carbocycles. The minimum atomic E-state index is -0.472. The highest BCUT2D eigenvalue weighted by Gasteiger charge is 2.14. The number of benzene rings is 1. The zero-order valence-corrected chi connectivity index (χ0v) is 15.4. The second-order valence-electron chi connectivity index (χ2n) is 6.10. The third-order valence-electron chi connectivity index (χ3n) is 4.20. The standard InChI is InChI=1S/C20H24FN3O2/c1-4-5-6-9-23-20(26)14-7-8-18(24-12-14)16-10-15(19(25)22-3)11-17(21)13(16)2/h7-8,10-12H,4-6,9H2,1-3H3,(H,22,25)(H,23,26). The van der Waals surface area contributed by atoms with Gasteiger partial charge in [-0.05, 0) is 43.2 Å². The topological polar surface area (TPSA) is 71.1 Å². The van der Waals surface area contributed by atoms with E-state index >= 15 is 0 Å². The van der Waals surface area contributed by atoms with Crippen LogP contribution in [0.25, 0.3) is 11.3 Å². The Morgan fingerprint density at radius 2 is 1.88 bits per heavy atom. The van der Waals surface area contributed by atoms with Gasteiger partial charge in [0.15, 0.2) is 0 Å². The largest absolute Gasteiger partial charge is 0.355 e. The molecule has 1 aromatic heterocycles. The summed E-state index contributed by atoms with van der Waals surface area (Å²) in [5.41, 5.74) is 2.12. The van der Waals surface area contributed by atoms with E-state index < -0.39 is 5.82 Å². The molecule has 2 aromatic rings. The highest BCUT2D eigenvalue weighted by atomic mass is 19.1. The summed E-state index contributed by atoms with van der Waals surface area (Å²) in [7, 11) is 1.49. The second kappa shape index (κ2) is 9.08. The van der Waals surface area contributed by atoms with Gasteiger partial charge >= 0.3 is 0 Å². The van der Waals surface area contributed by atoms with Crippen molar-refractivity contribution in [1.82, 2.24) is 15.6 Å². The summed E-state index contributed by atoms with van der Waals surface area (Å²) in [5, 5.41) is 5.33. The lowest BCUT2D eigenvalue weighted by atomic mass is 10.00. The van der Waals surface area contributed by atoms with Crippen LogP contribution in [-0.4, -0.2) is 30.4 Å². The Balaban J connectivity index is 2.21. The van der Waals surface area contributed by atoms with Crippen molar-refractivity contribution in [3.05, 3.63) is 53.0 Å². The number of amides is 2. The number of hydrogen-bond donors (Lipinski definition) is 2. The van der Waals surface area contributed by atoms with E-state index in [1.807, 2.05) is 0 Å². The number of nitrogens with zero attached hydrogens (tertiary/aromatic N) is 1. The van der Waals surface area contributed by atoms with Gasteiger partial charge in [0.05, 0.1) is 11.3 Å². The first-order valence-corrected chi connectivity index (χ1v) is 8.74. The van der Waals surface area contributed by atoms with Crippen molar-refractivity contribution in [2.75, 3.05) is 13.6 Å². The lowest BCUT2D eigenvalue weighted by molar-refractivity contribution is 0.0948. The zero-order valence-electron chi connectivity index (χ0n) is 15.4. The van der Waals surface area contributed by atoms with Crippen LogP contribution < -0.4 is 10.6 Å². The number of pyridine rings is 1. The summed E-state index contributed by atoms with van der Waals surface area (Å²) >= 11 is 0. The average Bonchev–Trinajstić information content (AvgIpc) is 2.66. The number of unbranched alkanes of at least 4 members (excludes halogenated alkanes) is 2. The molecule has 0 aliphatic heterocycles. The smallest absolute Gasteiger partial charge is 0.252 e. The van der Waals surface area contributed by atoms with E-state index in [9.17, 15) is 14.0 Å². The molecule has 138 valence electrons. The summed E-state index contributed by atoms with van der Waals surface area (Å²) in [6.45, 7) is 4.37. The van der Waals surface area contributed by atoms with Crippen molar-refractivity contribution >= 4 is 11.8 Å². The Morgan fingerprint density at radius 3 is 2.50 bits per heavy atom. The second-order valence-corrected chi connectivity index (χ2v) is 6.10. The third kappa shape index (κ3) is 4.65. The number of rotatable bonds is 7. The van der Waals surface area contributed by atoms with E-state index in [0.29, 0.717) is 28.9 Å². The van der Waals surface area contributed by atoms with Crippen molar-refractivity contribution in [3.63, 3.8) is 0 Å². The predicted molar refractivity (Wildman–Crippen MR) is 99.6 cm³/mol. The van der Waals surface area contributed by atoms with Crippen molar-refractivity contribution in [1.29, 1.82) is 0 Å². The van der Waals surface area contributed by atoms with E-state index in [-0.39, 0.29) is 17.4 Å². The van der Waals surface area contributed by atoms with Gasteiger partial charge in [0.25, 0.3) is 11.8 Å². The van der Waals surface area contributed by atoms with Gasteiger partial charge in [-0.3, -0.25) is 14.6 Å². The molecule has 2 rings (SSSR count). The van der Waals surface area contributed by atoms with Crippen LogP contribution in [0.1, 0.15) is 52.5 Å². The lowest BCUT2D eigenvalue weighted by Crippen LogP contribution is -2.24. The van der Waals surface area contributed by atoms with Crippen LogP contribution >= 0.6 is 0 Å². The van der Waals surface area contributed by atoms with Gasteiger partial charge in [-0.2, -0.15) is 0 Å². The Morgan fingerprint density at radius 1 is 1.12 bits per heavy atom. The van der Waals surface area contributed by atoms with Gasteiger partial charge in [-0.1, -0.05) is 19.8 Å². The fourth-order valence-corrected chi connectivity index (χ4v) is 2.59. The number of nitrogens with one attached hydrogen (secondary N) is 2. The quantitative estimate of drug-likeness (QED) is 0.745. The minimum absolute atomic E-state index is 0.179. The number of carbonyl (C=O) groups excluding carboxylic acids is 2. The molecule has 5 nitrogen and oxygen atoms in total. The molecule has 0 atom stereocenters. The van der Waals surface area contributed by atoms with Crippen LogP contribution in [0.4, 0.5) is 4.39 Å². The minimum Gasteiger partial charge on any atom is -0.355 e. The maximum absolute atomic E-state index is 14.2. The van der Waals surface area contributed by atoms with E-state index in [1.165, 1.54) is 19.3 Å². The highest BCUT2D eigenvalue weighted by Crippen LogP contribution is 2.25. The Bertz CT molecular complexity index is 788. The number of hydrogen-bond acceptors (Lipinski definition) is 3. The first-order chi connectivity index (χ1) is 12.5. The maximum atomic E-state index is 14.2. The molecule has 6 heteroatoms. The van der Waals surface area contributed by atoms with Crippen LogP contribution in [-0.2, 0) is 0 Å². The molecular formula is C20H24FN3O2. The highest BCUT2D eigenvalue weighted by molar-refractivity contribution is 5.96. The predicted octanol–water partition coefficient (Wildman–Crippen LogP) is 3.48. The van der Waals surface area contributed by atoms with Crippen molar-refractivity contribution < 1.29 is 14.0 Å². The van der Waals surface area contributed by atoms with E-state index in [1.54, 1.807) is 25.1 Å². The molecular weight excluding hydrogens is 333 g/mol. The molecule has 1 heterocycles. The molecule has 2 amide bonds. The van der Waals surface area contributed by atoms with E-state index in [4.69, 9.17) is 0 Å². The molecule has 0 aliphatic carbocycles. The first kappa shape index (κ1) is 19.6. The average molecular weight is 357 g/mol. The van der Waals surface area contributed by atoms with Crippen LogP contribution in [0.3, 0.4) is 0 Å². The summed E-state index contributed by atoms with van der Waals surface area (Å²) in [5.74, 6) is -1.02. The number of halogens is 1. The third-order valence-corrected chi connectivity index (χ3v) is 4.20. The van der Waals surface area contributed by atoms with Gasteiger partial charge < -0.3 is 10.6 Å². The number of aromatic nitrogens is 1. The fraction of sp³-hybridized carbons (Fsp3) is 0.350. The van der Waals surface area contributed by atoms with Crippen molar-refractivity contribution in [3.8, 4) is 11.3 Å². The Labute approximate surface area is 153 Å². The van der Waals surface area contributed by atoms with E-state index in [2.05, 4.69) is 22.5 Å². The summed E-state index contributed by atoms with van der Waals surface area (Å²) in [6, 6.07) is 6.12. The SMILES string of the molecule is CCCCCNC(=O)c1ccc(-c2cc(C(=O)NC)cc(F)c2C)nc1. The van der Waals surface area contributed by atoms with Crippen LogP contribution in [0.2, 0.25) is 0 Å². The zero-order chi connectivity index (χ0) is 19.1. The lowest BCUT2D eigenvalue weighted by Gasteiger charge is -2.10. The maximum Gasteiger partial charge on any atom is 0.252 e. The van der Waals surface area contributed by atoms with Crippen molar-refractivity contribution in [2.45, 2.75) is 33.1 Å². The summed E-state index contributed by atoms with van der Waals surface area (Å²) in [6.07, 6.45) is 4.58. The van der Waals surface area contributed by atoms with Crippen LogP contribution in [0.15, 0.2) is 30.5 Å². The summed E-state index contributed by atoms with van der Waals surface area (Å²) < 4.78 is 14.2. The van der Waals surface area contributed by atoms with Crippen molar-refractivity contribution in [2.24, 2.45) is 0 Å². The Hall–Kier alpha value is -2.76. The first-order valence-electron chi connectivity index (χ1n) is 8.74. The summed E-state index contributed by atoms with van der Waals surface area (Å²) in [4.78, 5) is 28.2. The monoisotopic (exact) mass is 357 g/mol. The molecule has 0 fully saturated rings. The molecule has 0 saturated carbocycles. The molecule has 0 bridgehead atoms. The van der Waals surface area contributed by atoms with Crippen LogP contribution in [0, 0.1) is 12.7 Å². The molecule has 0 spiro atoms. The molecule has 0 saturated heterocycles. The normalized spacial score (nSPS) is 10.5. The molecule has 26 heavy (non-hydrogen) atoms. The van der Waals surface area contributed by atoms with Gasteiger partial charge in [-0.25, -0.2) is 4.39 Å². The van der Waals surface area contributed by atoms with Gasteiger partial charge in [0.1, 0.15) is 5.82 Å². The van der Waals surface area contributed by atoms with E-state index in [0.717, 1.165) is 19.3 Å². The van der Waals surface area contributed by atoms with Gasteiger partial charge in [-0.15, -0.1) is 0 Å². The molecule has 0 unspecified atom stereocenters. The van der Waals surface area contributed by atoms with Gasteiger partial charge in [0.2, 0.25) is 0 Å². The van der Waals surface area contributed by atoms with Gasteiger partial charge in [0, 0.05) is 30.9 Å². The van der Waals surface area contributed by atoms with Crippen LogP contribution in [0.5, 0.6) is 0 Å². The Kier molecular flexibility index (Phi) is 6.83. The fourth-order valence-electron chi connectivity index (χ4n) is 2.59. The molecule has 2 N–H and O–H groups in total.